The van der Waals surface area contributed by atoms with E-state index in [9.17, 15) is 9.90 Å². The molecular formula is C22H30N4O3+2. The number of phenols is 1. The van der Waals surface area contributed by atoms with Crippen molar-refractivity contribution < 1.29 is 24.4 Å². The number of carbonyl (C=O) groups excluding carboxylic acids is 1. The number of quaternary nitrogens is 2. The lowest BCUT2D eigenvalue weighted by atomic mass is 10.2. The molecule has 1 aliphatic rings. The number of rotatable bonds is 8. The summed E-state index contributed by atoms with van der Waals surface area (Å²) in [6.07, 6.45) is 1.44. The van der Waals surface area contributed by atoms with Crippen LogP contribution in [0.5, 0.6) is 11.5 Å². The van der Waals surface area contributed by atoms with Crippen molar-refractivity contribution in [2.75, 3.05) is 39.3 Å². The molecule has 3 rings (SSSR count). The third-order valence-corrected chi connectivity index (χ3v) is 5.09. The largest absolute Gasteiger partial charge is 0.504 e. The minimum absolute atomic E-state index is 0.0236. The van der Waals surface area contributed by atoms with Gasteiger partial charge in [-0.25, -0.2) is 5.43 Å². The van der Waals surface area contributed by atoms with Crippen molar-refractivity contribution in [1.29, 1.82) is 0 Å². The molecule has 29 heavy (non-hydrogen) atoms. The molecule has 7 nitrogen and oxygen atoms in total. The standard InChI is InChI=1S/C22H28N4O3/c1-2-29-20-10-6-9-19(22(20)28)15-23-24-21(27)17-26-13-11-25(12-14-26)16-18-7-4-3-5-8-18/h3-10,15,28H,2,11-14,16-17H2,1H3,(H,24,27)/p+2/b23-15+. The van der Waals surface area contributed by atoms with Crippen LogP contribution in [0.1, 0.15) is 18.1 Å². The summed E-state index contributed by atoms with van der Waals surface area (Å²) >= 11 is 0. The highest BCUT2D eigenvalue weighted by molar-refractivity contribution is 5.86. The molecule has 0 unspecified atom stereocenters. The summed E-state index contributed by atoms with van der Waals surface area (Å²) in [5.41, 5.74) is 4.42. The molecule has 4 N–H and O–H groups in total. The van der Waals surface area contributed by atoms with E-state index in [0.29, 0.717) is 24.5 Å². The first kappa shape index (κ1) is 20.8. The summed E-state index contributed by atoms with van der Waals surface area (Å²) in [7, 11) is 0. The van der Waals surface area contributed by atoms with Crippen molar-refractivity contribution in [3.8, 4) is 11.5 Å². The zero-order chi connectivity index (χ0) is 20.5. The Morgan fingerprint density at radius 2 is 1.83 bits per heavy atom. The second kappa shape index (κ2) is 10.6. The van der Waals surface area contributed by atoms with Crippen LogP contribution in [0.3, 0.4) is 0 Å². The van der Waals surface area contributed by atoms with Crippen molar-refractivity contribution in [2.45, 2.75) is 13.5 Å². The lowest BCUT2D eigenvalue weighted by Gasteiger charge is -2.29. The fourth-order valence-corrected chi connectivity index (χ4v) is 3.55. The van der Waals surface area contributed by atoms with Gasteiger partial charge in [0.15, 0.2) is 18.0 Å². The molecule has 2 aromatic rings. The number of amides is 1. The van der Waals surface area contributed by atoms with Crippen LogP contribution in [0.4, 0.5) is 0 Å². The van der Waals surface area contributed by atoms with E-state index < -0.39 is 0 Å². The van der Waals surface area contributed by atoms with E-state index in [-0.39, 0.29) is 11.7 Å². The third-order valence-electron chi connectivity index (χ3n) is 5.09. The summed E-state index contributed by atoms with van der Waals surface area (Å²) in [5.74, 6) is 0.307. The molecule has 0 radical (unpaired) electrons. The number of ether oxygens (including phenoxy) is 1. The topological polar surface area (TPSA) is 79.8 Å². The predicted molar refractivity (Wildman–Crippen MR) is 111 cm³/mol. The number of hydrogen-bond acceptors (Lipinski definition) is 4. The van der Waals surface area contributed by atoms with Crippen molar-refractivity contribution in [3.05, 3.63) is 59.7 Å². The number of carbonyl (C=O) groups is 1. The first-order valence-corrected chi connectivity index (χ1v) is 10.1. The fraction of sp³-hybridized carbons (Fsp3) is 0.364. The molecule has 7 heteroatoms. The SMILES string of the molecule is CCOc1cccc(/C=N/NC(=O)C[NH+]2CC[NH+](Cc3ccccc3)CC2)c1O. The Balaban J connectivity index is 1.41. The molecule has 0 atom stereocenters. The molecule has 0 aromatic heterocycles. The van der Waals surface area contributed by atoms with Gasteiger partial charge in [0.1, 0.15) is 32.7 Å². The highest BCUT2D eigenvalue weighted by Crippen LogP contribution is 2.28. The van der Waals surface area contributed by atoms with Crippen LogP contribution in [0.25, 0.3) is 0 Å². The number of piperazine rings is 1. The number of para-hydroxylation sites is 1. The molecule has 0 bridgehead atoms. The molecule has 2 aromatic carbocycles. The smallest absolute Gasteiger partial charge is 0.295 e. The van der Waals surface area contributed by atoms with Gasteiger partial charge in [-0.05, 0) is 19.1 Å². The normalized spacial score (nSPS) is 19.2. The Morgan fingerprint density at radius 1 is 1.10 bits per heavy atom. The van der Waals surface area contributed by atoms with Crippen LogP contribution in [0, 0.1) is 0 Å². The molecule has 1 heterocycles. The van der Waals surface area contributed by atoms with Crippen molar-refractivity contribution in [2.24, 2.45) is 5.10 Å². The van der Waals surface area contributed by atoms with E-state index in [1.54, 1.807) is 23.1 Å². The monoisotopic (exact) mass is 398 g/mol. The number of phenolic OH excluding ortho intramolecular Hbond substituents is 1. The van der Waals surface area contributed by atoms with Crippen LogP contribution < -0.4 is 20.0 Å². The Hall–Kier alpha value is -2.90. The van der Waals surface area contributed by atoms with Gasteiger partial charge in [0.05, 0.1) is 12.8 Å². The van der Waals surface area contributed by atoms with E-state index in [4.69, 9.17) is 4.74 Å². The molecule has 0 spiro atoms. The van der Waals surface area contributed by atoms with Gasteiger partial charge < -0.3 is 19.6 Å². The fourth-order valence-electron chi connectivity index (χ4n) is 3.55. The lowest BCUT2D eigenvalue weighted by molar-refractivity contribution is -1.02. The number of benzene rings is 2. The van der Waals surface area contributed by atoms with Crippen LogP contribution in [0.15, 0.2) is 53.6 Å². The average molecular weight is 399 g/mol. The number of nitrogens with zero attached hydrogens (tertiary/aromatic N) is 1. The Labute approximate surface area is 171 Å². The first-order chi connectivity index (χ1) is 14.2. The van der Waals surface area contributed by atoms with Crippen molar-refractivity contribution >= 4 is 12.1 Å². The first-order valence-electron chi connectivity index (χ1n) is 10.1. The molecule has 1 saturated heterocycles. The molecule has 1 amide bonds. The average Bonchev–Trinajstić information content (AvgIpc) is 2.73. The Kier molecular flexibility index (Phi) is 7.61. The molecule has 154 valence electrons. The van der Waals surface area contributed by atoms with Gasteiger partial charge in [0, 0.05) is 11.1 Å². The summed E-state index contributed by atoms with van der Waals surface area (Å²) in [4.78, 5) is 15.0. The van der Waals surface area contributed by atoms with E-state index in [1.807, 2.05) is 13.0 Å². The van der Waals surface area contributed by atoms with Gasteiger partial charge in [-0.2, -0.15) is 5.10 Å². The maximum atomic E-state index is 12.2. The third kappa shape index (κ3) is 6.30. The highest BCUT2D eigenvalue weighted by atomic mass is 16.5. The zero-order valence-electron chi connectivity index (χ0n) is 16.9. The minimum Gasteiger partial charge on any atom is -0.504 e. The highest BCUT2D eigenvalue weighted by Gasteiger charge is 2.24. The number of nitrogens with one attached hydrogen (secondary N) is 3. The summed E-state index contributed by atoms with van der Waals surface area (Å²) < 4.78 is 5.35. The maximum Gasteiger partial charge on any atom is 0.295 e. The molecule has 1 aliphatic heterocycles. The lowest BCUT2D eigenvalue weighted by Crippen LogP contribution is -3.28. The molecule has 1 fully saturated rings. The van der Waals surface area contributed by atoms with Gasteiger partial charge in [-0.1, -0.05) is 36.4 Å². The van der Waals surface area contributed by atoms with Crippen LogP contribution in [-0.4, -0.2) is 56.6 Å². The van der Waals surface area contributed by atoms with Crippen molar-refractivity contribution in [3.63, 3.8) is 0 Å². The number of hydrogen-bond donors (Lipinski definition) is 4. The zero-order valence-corrected chi connectivity index (χ0v) is 16.9. The minimum atomic E-state index is -0.122. The van der Waals surface area contributed by atoms with Gasteiger partial charge in [0.25, 0.3) is 5.91 Å². The van der Waals surface area contributed by atoms with Gasteiger partial charge in [-0.15, -0.1) is 0 Å². The molecule has 0 aliphatic carbocycles. The second-order valence-corrected chi connectivity index (χ2v) is 7.26. The van der Waals surface area contributed by atoms with Gasteiger partial charge >= 0.3 is 0 Å². The van der Waals surface area contributed by atoms with E-state index in [2.05, 4.69) is 34.8 Å². The maximum absolute atomic E-state index is 12.2. The number of aromatic hydroxyl groups is 1. The second-order valence-electron chi connectivity index (χ2n) is 7.26. The summed E-state index contributed by atoms with van der Waals surface area (Å²) in [6.45, 7) is 7.81. The summed E-state index contributed by atoms with van der Waals surface area (Å²) in [6, 6.07) is 15.7. The predicted octanol–water partition coefficient (Wildman–Crippen LogP) is -0.775. The van der Waals surface area contributed by atoms with Crippen LogP contribution in [-0.2, 0) is 11.3 Å². The van der Waals surface area contributed by atoms with E-state index in [0.717, 1.165) is 32.7 Å². The molecule has 0 saturated carbocycles. The Morgan fingerprint density at radius 3 is 2.55 bits per heavy atom. The Bertz CT molecular complexity index is 818. The van der Waals surface area contributed by atoms with Crippen LogP contribution in [0.2, 0.25) is 0 Å². The summed E-state index contributed by atoms with van der Waals surface area (Å²) in [5, 5.41) is 14.1. The van der Waals surface area contributed by atoms with E-state index in [1.165, 1.54) is 16.7 Å². The number of hydrazone groups is 1. The van der Waals surface area contributed by atoms with Gasteiger partial charge in [-0.3, -0.25) is 4.79 Å². The van der Waals surface area contributed by atoms with Gasteiger partial charge in [0.2, 0.25) is 0 Å². The molecular weight excluding hydrogens is 368 g/mol. The van der Waals surface area contributed by atoms with Crippen molar-refractivity contribution in [1.82, 2.24) is 5.43 Å². The van der Waals surface area contributed by atoms with Crippen LogP contribution >= 0.6 is 0 Å². The quantitative estimate of drug-likeness (QED) is 0.348. The van der Waals surface area contributed by atoms with E-state index >= 15 is 0 Å².